The van der Waals surface area contributed by atoms with Crippen LogP contribution in [0.15, 0.2) is 54.6 Å². The number of hydrogen-bond donors (Lipinski definition) is 1. The molecule has 5 heteroatoms. The molecular weight excluding hydrogens is 278 g/mol. The molecule has 5 nitrogen and oxygen atoms in total. The minimum atomic E-state index is -0.340. The summed E-state index contributed by atoms with van der Waals surface area (Å²) < 4.78 is 5.47. The van der Waals surface area contributed by atoms with E-state index in [1.165, 1.54) is 0 Å². The Bertz CT molecular complexity index is 803. The molecule has 2 aromatic carbocycles. The monoisotopic (exact) mass is 293 g/mol. The van der Waals surface area contributed by atoms with Crippen molar-refractivity contribution in [2.45, 2.75) is 6.92 Å². The zero-order valence-corrected chi connectivity index (χ0v) is 12.1. The highest BCUT2D eigenvalue weighted by Crippen LogP contribution is 2.20. The molecule has 0 aliphatic carbocycles. The molecule has 1 heterocycles. The molecular formula is C17H15N3O2. The zero-order chi connectivity index (χ0) is 15.4. The van der Waals surface area contributed by atoms with Gasteiger partial charge in [-0.3, -0.25) is 4.79 Å². The van der Waals surface area contributed by atoms with E-state index in [-0.39, 0.29) is 17.5 Å². The Morgan fingerprint density at radius 3 is 2.32 bits per heavy atom. The fourth-order valence-corrected chi connectivity index (χ4v) is 2.08. The van der Waals surface area contributed by atoms with Crippen LogP contribution in [-0.4, -0.2) is 22.5 Å². The fourth-order valence-electron chi connectivity index (χ4n) is 2.08. The highest BCUT2D eigenvalue weighted by molar-refractivity contribution is 6.05. The summed E-state index contributed by atoms with van der Waals surface area (Å²) in [6, 6.07) is 16.6. The van der Waals surface area contributed by atoms with E-state index >= 15 is 0 Å². The molecule has 1 amide bonds. The van der Waals surface area contributed by atoms with Crippen LogP contribution in [0.4, 0.5) is 5.69 Å². The van der Waals surface area contributed by atoms with Gasteiger partial charge in [0.2, 0.25) is 5.88 Å². The average molecular weight is 293 g/mol. The Hall–Kier alpha value is -2.95. The minimum Gasteiger partial charge on any atom is -0.476 e. The van der Waals surface area contributed by atoms with Crippen LogP contribution in [0.1, 0.15) is 17.4 Å². The number of ether oxygens (including phenoxy) is 1. The third kappa shape index (κ3) is 2.88. The molecule has 0 aliphatic heterocycles. The molecule has 1 N–H and O–H groups in total. The van der Waals surface area contributed by atoms with Gasteiger partial charge in [-0.05, 0) is 31.2 Å². The second-order valence-corrected chi connectivity index (χ2v) is 4.62. The lowest BCUT2D eigenvalue weighted by Gasteiger charge is -2.10. The van der Waals surface area contributed by atoms with Crippen molar-refractivity contribution in [1.82, 2.24) is 9.97 Å². The van der Waals surface area contributed by atoms with Crippen molar-refractivity contribution in [3.8, 4) is 5.88 Å². The Balaban J connectivity index is 2.00. The molecule has 0 bridgehead atoms. The van der Waals surface area contributed by atoms with E-state index in [2.05, 4.69) is 15.3 Å². The molecule has 3 aromatic rings. The number of carbonyl (C=O) groups excluding carboxylic acids is 1. The van der Waals surface area contributed by atoms with Crippen LogP contribution < -0.4 is 10.1 Å². The smallest absolute Gasteiger partial charge is 0.279 e. The van der Waals surface area contributed by atoms with Crippen LogP contribution >= 0.6 is 0 Å². The van der Waals surface area contributed by atoms with E-state index in [0.29, 0.717) is 23.3 Å². The first-order valence-corrected chi connectivity index (χ1v) is 7.04. The van der Waals surface area contributed by atoms with Crippen LogP contribution in [0, 0.1) is 0 Å². The predicted molar refractivity (Wildman–Crippen MR) is 85.1 cm³/mol. The number of nitrogens with zero attached hydrogens (tertiary/aromatic N) is 2. The summed E-state index contributed by atoms with van der Waals surface area (Å²) in [5.41, 5.74) is 2.24. The molecule has 0 aliphatic rings. The maximum Gasteiger partial charge on any atom is 0.279 e. The number of nitrogens with one attached hydrogen (secondary N) is 1. The van der Waals surface area contributed by atoms with Gasteiger partial charge in [-0.1, -0.05) is 30.3 Å². The average Bonchev–Trinajstić information content (AvgIpc) is 2.55. The first-order chi connectivity index (χ1) is 10.8. The largest absolute Gasteiger partial charge is 0.476 e. The van der Waals surface area contributed by atoms with E-state index in [4.69, 9.17) is 4.74 Å². The Labute approximate surface area is 128 Å². The van der Waals surface area contributed by atoms with Crippen molar-refractivity contribution in [3.63, 3.8) is 0 Å². The number of rotatable bonds is 4. The van der Waals surface area contributed by atoms with Crippen LogP contribution in [0.5, 0.6) is 5.88 Å². The summed E-state index contributed by atoms with van der Waals surface area (Å²) in [6.07, 6.45) is 0. The van der Waals surface area contributed by atoms with Crippen LogP contribution in [0.3, 0.4) is 0 Å². The van der Waals surface area contributed by atoms with Gasteiger partial charge in [-0.15, -0.1) is 0 Å². The summed E-state index contributed by atoms with van der Waals surface area (Å²) in [7, 11) is 0. The molecule has 0 atom stereocenters. The van der Waals surface area contributed by atoms with Crippen LogP contribution in [0.25, 0.3) is 11.0 Å². The number of para-hydroxylation sites is 3. The third-order valence-electron chi connectivity index (χ3n) is 3.07. The lowest BCUT2D eigenvalue weighted by molar-refractivity contribution is 0.101. The van der Waals surface area contributed by atoms with Gasteiger partial charge in [-0.2, -0.15) is 0 Å². The molecule has 0 spiro atoms. The van der Waals surface area contributed by atoms with Gasteiger partial charge in [0.05, 0.1) is 17.6 Å². The SMILES string of the molecule is CCOc1nc2ccccc2nc1C(=O)Nc1ccccc1. The van der Waals surface area contributed by atoms with Crippen molar-refractivity contribution < 1.29 is 9.53 Å². The molecule has 22 heavy (non-hydrogen) atoms. The Kier molecular flexibility index (Phi) is 3.96. The number of carbonyl (C=O) groups is 1. The van der Waals surface area contributed by atoms with E-state index in [9.17, 15) is 4.79 Å². The lowest BCUT2D eigenvalue weighted by atomic mass is 10.2. The quantitative estimate of drug-likeness (QED) is 0.801. The molecule has 0 radical (unpaired) electrons. The first kappa shape index (κ1) is 14.0. The van der Waals surface area contributed by atoms with E-state index in [1.807, 2.05) is 61.5 Å². The van der Waals surface area contributed by atoms with Gasteiger partial charge in [-0.25, -0.2) is 9.97 Å². The predicted octanol–water partition coefficient (Wildman–Crippen LogP) is 3.28. The van der Waals surface area contributed by atoms with Crippen molar-refractivity contribution >= 4 is 22.6 Å². The highest BCUT2D eigenvalue weighted by atomic mass is 16.5. The van der Waals surface area contributed by atoms with E-state index in [1.54, 1.807) is 0 Å². The number of amides is 1. The molecule has 0 unspecified atom stereocenters. The van der Waals surface area contributed by atoms with Crippen molar-refractivity contribution in [2.75, 3.05) is 11.9 Å². The summed E-state index contributed by atoms with van der Waals surface area (Å²) in [4.78, 5) is 21.2. The number of fused-ring (bicyclic) bond motifs is 1. The normalized spacial score (nSPS) is 10.4. The number of aromatic nitrogens is 2. The van der Waals surface area contributed by atoms with Gasteiger partial charge in [0, 0.05) is 5.69 Å². The van der Waals surface area contributed by atoms with Crippen LogP contribution in [-0.2, 0) is 0 Å². The standard InChI is InChI=1S/C17H15N3O2/c1-2-22-17-15(16(21)18-12-8-4-3-5-9-12)19-13-10-6-7-11-14(13)20-17/h3-11H,2H2,1H3,(H,18,21). The minimum absolute atomic E-state index is 0.185. The van der Waals surface area contributed by atoms with Gasteiger partial charge >= 0.3 is 0 Å². The molecule has 1 aromatic heterocycles. The van der Waals surface area contributed by atoms with Crippen molar-refractivity contribution in [1.29, 1.82) is 0 Å². The third-order valence-corrected chi connectivity index (χ3v) is 3.07. The summed E-state index contributed by atoms with van der Waals surface area (Å²) in [5, 5.41) is 2.80. The topological polar surface area (TPSA) is 64.1 Å². The number of benzene rings is 2. The molecule has 0 saturated carbocycles. The van der Waals surface area contributed by atoms with Crippen molar-refractivity contribution in [2.24, 2.45) is 0 Å². The molecule has 3 rings (SSSR count). The zero-order valence-electron chi connectivity index (χ0n) is 12.1. The van der Waals surface area contributed by atoms with Gasteiger partial charge in [0.1, 0.15) is 0 Å². The number of hydrogen-bond acceptors (Lipinski definition) is 4. The number of anilines is 1. The first-order valence-electron chi connectivity index (χ1n) is 7.04. The van der Waals surface area contributed by atoms with Gasteiger partial charge in [0.15, 0.2) is 5.69 Å². The van der Waals surface area contributed by atoms with Gasteiger partial charge in [0.25, 0.3) is 5.91 Å². The summed E-state index contributed by atoms with van der Waals surface area (Å²) in [5.74, 6) is -0.0949. The molecule has 0 fully saturated rings. The summed E-state index contributed by atoms with van der Waals surface area (Å²) in [6.45, 7) is 2.26. The second-order valence-electron chi connectivity index (χ2n) is 4.62. The maximum atomic E-state index is 12.5. The Morgan fingerprint density at radius 1 is 1.00 bits per heavy atom. The van der Waals surface area contributed by atoms with Gasteiger partial charge < -0.3 is 10.1 Å². The van der Waals surface area contributed by atoms with Crippen LogP contribution in [0.2, 0.25) is 0 Å². The fraction of sp³-hybridized carbons (Fsp3) is 0.118. The van der Waals surface area contributed by atoms with E-state index in [0.717, 1.165) is 0 Å². The summed E-state index contributed by atoms with van der Waals surface area (Å²) >= 11 is 0. The van der Waals surface area contributed by atoms with Crippen molar-refractivity contribution in [3.05, 3.63) is 60.3 Å². The Morgan fingerprint density at radius 2 is 1.64 bits per heavy atom. The lowest BCUT2D eigenvalue weighted by Crippen LogP contribution is -2.16. The van der Waals surface area contributed by atoms with E-state index < -0.39 is 0 Å². The second kappa shape index (κ2) is 6.22. The molecule has 110 valence electrons. The maximum absolute atomic E-state index is 12.5. The molecule has 0 saturated heterocycles. The highest BCUT2D eigenvalue weighted by Gasteiger charge is 2.17.